The lowest BCUT2D eigenvalue weighted by Crippen LogP contribution is -2.73. The van der Waals surface area contributed by atoms with Crippen molar-refractivity contribution in [2.75, 3.05) is 36.0 Å². The van der Waals surface area contributed by atoms with Crippen LogP contribution in [-0.2, 0) is 13.1 Å². The molecule has 3 fully saturated rings. The van der Waals surface area contributed by atoms with Crippen molar-refractivity contribution in [3.8, 4) is 5.69 Å². The Morgan fingerprint density at radius 3 is 2.53 bits per heavy atom. The van der Waals surface area contributed by atoms with Crippen LogP contribution in [0, 0.1) is 12.3 Å². The Morgan fingerprint density at radius 2 is 1.75 bits per heavy atom. The third kappa shape index (κ3) is 2.85. The first-order valence-corrected chi connectivity index (χ1v) is 11.7. The molecule has 0 radical (unpaired) electrons. The van der Waals surface area contributed by atoms with Gasteiger partial charge in [-0.25, -0.2) is 4.98 Å². The quantitative estimate of drug-likeness (QED) is 0.610. The van der Waals surface area contributed by atoms with Crippen molar-refractivity contribution in [1.29, 1.82) is 0 Å². The van der Waals surface area contributed by atoms with E-state index < -0.39 is 0 Å². The van der Waals surface area contributed by atoms with Crippen LogP contribution in [0.15, 0.2) is 30.6 Å². The van der Waals surface area contributed by atoms with E-state index in [1.807, 2.05) is 13.0 Å². The molecular weight excluding hydrogens is 424 g/mol. The Kier molecular flexibility index (Phi) is 3.91. The summed E-state index contributed by atoms with van der Waals surface area (Å²) in [6, 6.07) is 6.87. The fourth-order valence-electron chi connectivity index (χ4n) is 5.64. The summed E-state index contributed by atoms with van der Waals surface area (Å²) in [5, 5.41) is 10.1. The Balaban J connectivity index is 1.15. The second kappa shape index (κ2) is 6.65. The number of halogens is 1. The Labute approximate surface area is 191 Å². The third-order valence-corrected chi connectivity index (χ3v) is 7.55. The third-order valence-electron chi connectivity index (χ3n) is 7.32. The number of fused-ring (bicyclic) bond motifs is 3. The minimum Gasteiger partial charge on any atom is -0.354 e. The molecule has 8 nitrogen and oxygen atoms in total. The van der Waals surface area contributed by atoms with Crippen LogP contribution < -0.4 is 9.80 Å². The van der Waals surface area contributed by atoms with Crippen LogP contribution in [0.3, 0.4) is 0 Å². The molecule has 2 aromatic heterocycles. The van der Waals surface area contributed by atoms with Crippen LogP contribution in [0.1, 0.15) is 29.9 Å². The molecule has 0 N–H and O–H groups in total. The average Bonchev–Trinajstić information content (AvgIpc) is 3.51. The molecule has 1 saturated carbocycles. The first kappa shape index (κ1) is 18.8. The molecule has 7 rings (SSSR count). The lowest BCUT2D eigenvalue weighted by Gasteiger charge is -2.60. The summed E-state index contributed by atoms with van der Waals surface area (Å²) in [5.41, 5.74) is 3.73. The van der Waals surface area contributed by atoms with Gasteiger partial charge in [0.05, 0.1) is 17.9 Å². The van der Waals surface area contributed by atoms with Gasteiger partial charge >= 0.3 is 0 Å². The van der Waals surface area contributed by atoms with Gasteiger partial charge in [-0.2, -0.15) is 0 Å². The fourth-order valence-corrected chi connectivity index (χ4v) is 5.84. The van der Waals surface area contributed by atoms with E-state index in [1.165, 1.54) is 24.1 Å². The maximum atomic E-state index is 6.37. The summed E-state index contributed by atoms with van der Waals surface area (Å²) in [7, 11) is 0. The summed E-state index contributed by atoms with van der Waals surface area (Å²) in [6.07, 6.45) is 6.08. The highest BCUT2D eigenvalue weighted by Gasteiger charge is 2.53. The zero-order chi connectivity index (χ0) is 21.4. The molecule has 3 aliphatic heterocycles. The van der Waals surface area contributed by atoms with E-state index in [9.17, 15) is 0 Å². The van der Waals surface area contributed by atoms with E-state index in [0.717, 1.165) is 67.6 Å². The molecule has 0 amide bonds. The molecule has 2 saturated heterocycles. The fraction of sp³-hybridized carbons (Fsp3) is 0.478. The van der Waals surface area contributed by atoms with Crippen LogP contribution in [0.2, 0.25) is 5.02 Å². The minimum atomic E-state index is 0.309. The molecule has 1 aromatic carbocycles. The number of hydrogen-bond acceptors (Lipinski definition) is 7. The number of rotatable bonds is 3. The van der Waals surface area contributed by atoms with Crippen LogP contribution in [0.4, 0.5) is 11.8 Å². The van der Waals surface area contributed by atoms with E-state index >= 15 is 0 Å². The highest BCUT2D eigenvalue weighted by atomic mass is 35.5. The largest absolute Gasteiger partial charge is 0.354 e. The second-order valence-electron chi connectivity index (χ2n) is 9.84. The molecule has 9 heteroatoms. The normalized spacial score (nSPS) is 21.6. The Morgan fingerprint density at radius 1 is 0.969 bits per heavy atom. The van der Waals surface area contributed by atoms with E-state index in [1.54, 1.807) is 12.4 Å². The molecule has 0 unspecified atom stereocenters. The van der Waals surface area contributed by atoms with Gasteiger partial charge < -0.3 is 9.80 Å². The predicted octanol–water partition coefficient (Wildman–Crippen LogP) is 2.82. The summed E-state index contributed by atoms with van der Waals surface area (Å²) in [4.78, 5) is 16.2. The molecule has 0 atom stereocenters. The number of aromatic nitrogens is 5. The molecule has 32 heavy (non-hydrogen) atoms. The first-order valence-electron chi connectivity index (χ1n) is 11.3. The molecule has 1 aliphatic carbocycles. The summed E-state index contributed by atoms with van der Waals surface area (Å²) in [6.45, 7) is 7.81. The van der Waals surface area contributed by atoms with Gasteiger partial charge in [0.1, 0.15) is 5.82 Å². The minimum absolute atomic E-state index is 0.309. The second-order valence-corrected chi connectivity index (χ2v) is 10.3. The van der Waals surface area contributed by atoms with Crippen molar-refractivity contribution >= 4 is 23.4 Å². The van der Waals surface area contributed by atoms with Gasteiger partial charge in [-0.15, -0.1) is 10.2 Å². The number of nitrogens with zero attached hydrogens (tertiary/aromatic N) is 8. The van der Waals surface area contributed by atoms with Crippen LogP contribution >= 0.6 is 11.6 Å². The van der Waals surface area contributed by atoms with Crippen LogP contribution in [0.25, 0.3) is 5.69 Å². The Hall–Kier alpha value is -2.71. The number of anilines is 2. The lowest BCUT2D eigenvalue weighted by molar-refractivity contribution is 0.153. The van der Waals surface area contributed by atoms with Crippen molar-refractivity contribution < 1.29 is 0 Å². The summed E-state index contributed by atoms with van der Waals surface area (Å²) in [5.74, 6) is 3.00. The van der Waals surface area contributed by atoms with Gasteiger partial charge in [-0.3, -0.25) is 14.5 Å². The van der Waals surface area contributed by atoms with Crippen molar-refractivity contribution in [1.82, 2.24) is 29.6 Å². The molecule has 1 spiro atoms. The predicted molar refractivity (Wildman–Crippen MR) is 122 cm³/mol. The molecule has 4 aliphatic rings. The van der Waals surface area contributed by atoms with Crippen LogP contribution in [0.5, 0.6) is 0 Å². The van der Waals surface area contributed by atoms with Gasteiger partial charge in [0.2, 0.25) is 5.95 Å². The average molecular weight is 449 g/mol. The van der Waals surface area contributed by atoms with E-state index in [2.05, 4.69) is 51.6 Å². The lowest BCUT2D eigenvalue weighted by atomic mass is 9.73. The maximum Gasteiger partial charge on any atom is 0.231 e. The highest BCUT2D eigenvalue weighted by Crippen LogP contribution is 2.44. The van der Waals surface area contributed by atoms with Gasteiger partial charge in [0.15, 0.2) is 5.82 Å². The van der Waals surface area contributed by atoms with Crippen LogP contribution in [-0.4, -0.2) is 61.9 Å². The summed E-state index contributed by atoms with van der Waals surface area (Å²) >= 11 is 6.37. The van der Waals surface area contributed by atoms with E-state index in [-0.39, 0.29) is 0 Å². The molecule has 5 heterocycles. The van der Waals surface area contributed by atoms with Crippen molar-refractivity contribution in [3.63, 3.8) is 0 Å². The standard InChI is InChI=1S/C23H25ClN8/c1-15-21(26-7-6-25-15)30-11-23(12-30)13-31(14-23)22-28-27-20-10-29(18-3-4-18)9-16-8-17(24)2-5-19(16)32(20)22/h2,5-8,18H,3-4,9-14H2,1H3. The molecule has 3 aromatic rings. The van der Waals surface area contributed by atoms with Crippen molar-refractivity contribution in [3.05, 3.63) is 52.7 Å². The number of benzene rings is 1. The smallest absolute Gasteiger partial charge is 0.231 e. The first-order chi connectivity index (χ1) is 15.6. The zero-order valence-electron chi connectivity index (χ0n) is 18.1. The van der Waals surface area contributed by atoms with Crippen molar-refractivity contribution in [2.45, 2.75) is 38.9 Å². The number of aryl methyl sites for hydroxylation is 1. The SMILES string of the molecule is Cc1nccnc1N1CC2(C1)CN(c1nnc3n1-c1ccc(Cl)cc1CN(C1CC1)C3)C2. The number of hydrogen-bond donors (Lipinski definition) is 0. The zero-order valence-corrected chi connectivity index (χ0v) is 18.8. The molecule has 0 bridgehead atoms. The van der Waals surface area contributed by atoms with Crippen molar-refractivity contribution in [2.24, 2.45) is 5.41 Å². The van der Waals surface area contributed by atoms with Gasteiger partial charge in [0, 0.05) is 61.6 Å². The van der Waals surface area contributed by atoms with E-state index in [4.69, 9.17) is 11.6 Å². The monoisotopic (exact) mass is 448 g/mol. The van der Waals surface area contributed by atoms with Gasteiger partial charge in [0.25, 0.3) is 0 Å². The highest BCUT2D eigenvalue weighted by molar-refractivity contribution is 6.30. The van der Waals surface area contributed by atoms with Gasteiger partial charge in [-0.05, 0) is 43.5 Å². The van der Waals surface area contributed by atoms with Gasteiger partial charge in [-0.1, -0.05) is 11.6 Å². The topological polar surface area (TPSA) is 66.2 Å². The summed E-state index contributed by atoms with van der Waals surface area (Å²) < 4.78 is 2.27. The Bertz CT molecular complexity index is 1200. The maximum absolute atomic E-state index is 6.37. The molecule has 164 valence electrons. The van der Waals surface area contributed by atoms with E-state index in [0.29, 0.717) is 11.5 Å². The molecular formula is C23H25ClN8.